The molecule has 24 heavy (non-hydrogen) atoms. The Morgan fingerprint density at radius 2 is 1.92 bits per heavy atom. The van der Waals surface area contributed by atoms with Gasteiger partial charge in [0.25, 0.3) is 0 Å². The molecule has 1 unspecified atom stereocenters. The van der Waals surface area contributed by atoms with Crippen LogP contribution in [0.15, 0.2) is 30.9 Å². The lowest BCUT2D eigenvalue weighted by atomic mass is 9.69. The number of hydrogen-bond acceptors (Lipinski definition) is 1. The van der Waals surface area contributed by atoms with Crippen molar-refractivity contribution in [3.05, 3.63) is 42.0 Å². The Labute approximate surface area is 148 Å². The molecular formula is C23H34O. The van der Waals surface area contributed by atoms with Crippen molar-refractivity contribution < 1.29 is 4.74 Å². The van der Waals surface area contributed by atoms with Crippen molar-refractivity contribution in [2.24, 2.45) is 17.8 Å². The van der Waals surface area contributed by atoms with Gasteiger partial charge in [-0.3, -0.25) is 0 Å². The standard InChI is InChI=1S/C23H34O/c1-3-5-15-24-23-14-13-21-16-20(11-12-22(21)17-23)19-9-7-18(6-4-2)8-10-19/h3,13-14,17-20H,1,4-12,15-16H2,2H3. The van der Waals surface area contributed by atoms with Gasteiger partial charge in [0.2, 0.25) is 0 Å². The first-order valence-corrected chi connectivity index (χ1v) is 10.2. The van der Waals surface area contributed by atoms with Crippen molar-refractivity contribution in [2.45, 2.75) is 71.1 Å². The average Bonchev–Trinajstić information content (AvgIpc) is 2.62. The van der Waals surface area contributed by atoms with Crippen LogP contribution in [0.1, 0.15) is 69.4 Å². The van der Waals surface area contributed by atoms with Gasteiger partial charge in [0, 0.05) is 0 Å². The smallest absolute Gasteiger partial charge is 0.119 e. The topological polar surface area (TPSA) is 9.23 Å². The minimum Gasteiger partial charge on any atom is -0.493 e. The first-order valence-electron chi connectivity index (χ1n) is 10.2. The lowest BCUT2D eigenvalue weighted by molar-refractivity contribution is 0.184. The van der Waals surface area contributed by atoms with Crippen LogP contribution >= 0.6 is 0 Å². The third-order valence-corrected chi connectivity index (χ3v) is 6.29. The zero-order valence-electron chi connectivity index (χ0n) is 15.4. The number of fused-ring (bicyclic) bond motifs is 1. The Morgan fingerprint density at radius 3 is 2.67 bits per heavy atom. The molecule has 0 radical (unpaired) electrons. The molecule has 1 saturated carbocycles. The van der Waals surface area contributed by atoms with Crippen LogP contribution in [0.4, 0.5) is 0 Å². The highest BCUT2D eigenvalue weighted by atomic mass is 16.5. The van der Waals surface area contributed by atoms with E-state index in [1.165, 1.54) is 63.4 Å². The second-order valence-corrected chi connectivity index (χ2v) is 7.93. The van der Waals surface area contributed by atoms with Gasteiger partial charge in [-0.1, -0.05) is 44.7 Å². The second-order valence-electron chi connectivity index (χ2n) is 7.93. The van der Waals surface area contributed by atoms with Crippen LogP contribution < -0.4 is 4.74 Å². The van der Waals surface area contributed by atoms with Crippen molar-refractivity contribution in [3.8, 4) is 5.75 Å². The van der Waals surface area contributed by atoms with E-state index in [-0.39, 0.29) is 0 Å². The summed E-state index contributed by atoms with van der Waals surface area (Å²) in [6, 6.07) is 6.78. The molecule has 1 heteroatoms. The Balaban J connectivity index is 1.54. The molecule has 3 rings (SSSR count). The van der Waals surface area contributed by atoms with Crippen molar-refractivity contribution in [1.82, 2.24) is 0 Å². The number of rotatable bonds is 7. The highest BCUT2D eigenvalue weighted by Gasteiger charge is 2.29. The number of aryl methyl sites for hydroxylation is 1. The predicted octanol–water partition coefficient (Wildman–Crippen LogP) is 6.35. The van der Waals surface area contributed by atoms with Crippen LogP contribution in [0.25, 0.3) is 0 Å². The van der Waals surface area contributed by atoms with Gasteiger partial charge in [-0.2, -0.15) is 0 Å². The molecular weight excluding hydrogens is 292 g/mol. The van der Waals surface area contributed by atoms with Gasteiger partial charge in [-0.25, -0.2) is 0 Å². The number of ether oxygens (including phenoxy) is 1. The fourth-order valence-corrected chi connectivity index (χ4v) is 4.87. The van der Waals surface area contributed by atoms with Gasteiger partial charge in [-0.15, -0.1) is 6.58 Å². The van der Waals surface area contributed by atoms with Crippen molar-refractivity contribution in [1.29, 1.82) is 0 Å². The van der Waals surface area contributed by atoms with E-state index >= 15 is 0 Å². The lowest BCUT2D eigenvalue weighted by Gasteiger charge is -2.36. The normalized spacial score (nSPS) is 26.6. The monoisotopic (exact) mass is 326 g/mol. The molecule has 0 N–H and O–H groups in total. The Kier molecular flexibility index (Phi) is 6.40. The molecule has 0 aliphatic heterocycles. The van der Waals surface area contributed by atoms with Crippen LogP contribution in [0.2, 0.25) is 0 Å². The largest absolute Gasteiger partial charge is 0.493 e. The molecule has 1 nitrogen and oxygen atoms in total. The fraction of sp³-hybridized carbons (Fsp3) is 0.652. The summed E-state index contributed by atoms with van der Waals surface area (Å²) in [7, 11) is 0. The summed E-state index contributed by atoms with van der Waals surface area (Å²) in [6.45, 7) is 6.82. The Hall–Kier alpha value is -1.24. The quantitative estimate of drug-likeness (QED) is 0.419. The van der Waals surface area contributed by atoms with Gasteiger partial charge >= 0.3 is 0 Å². The number of benzene rings is 1. The molecule has 0 spiro atoms. The molecule has 1 aromatic carbocycles. The summed E-state index contributed by atoms with van der Waals surface area (Å²) in [5.41, 5.74) is 3.11. The van der Waals surface area contributed by atoms with Crippen LogP contribution in [0.5, 0.6) is 5.75 Å². The molecule has 1 aromatic rings. The van der Waals surface area contributed by atoms with Gasteiger partial charge < -0.3 is 4.74 Å². The summed E-state index contributed by atoms with van der Waals surface area (Å²) in [6.07, 6.45) is 15.5. The molecule has 0 bridgehead atoms. The zero-order chi connectivity index (χ0) is 16.8. The van der Waals surface area contributed by atoms with Crippen molar-refractivity contribution >= 4 is 0 Å². The van der Waals surface area contributed by atoms with Crippen LogP contribution in [0, 0.1) is 17.8 Å². The summed E-state index contributed by atoms with van der Waals surface area (Å²) in [4.78, 5) is 0. The maximum Gasteiger partial charge on any atom is 0.119 e. The van der Waals surface area contributed by atoms with E-state index in [4.69, 9.17) is 4.74 Å². The summed E-state index contributed by atoms with van der Waals surface area (Å²) in [5, 5.41) is 0. The van der Waals surface area contributed by atoms with E-state index in [0.29, 0.717) is 0 Å². The zero-order valence-corrected chi connectivity index (χ0v) is 15.4. The Bertz CT molecular complexity index is 525. The first-order chi connectivity index (χ1) is 11.8. The summed E-state index contributed by atoms with van der Waals surface area (Å²) in [5.74, 6) is 3.97. The van der Waals surface area contributed by atoms with Crippen LogP contribution in [-0.2, 0) is 12.8 Å². The predicted molar refractivity (Wildman–Crippen MR) is 103 cm³/mol. The van der Waals surface area contributed by atoms with E-state index < -0.39 is 0 Å². The van der Waals surface area contributed by atoms with Crippen molar-refractivity contribution in [2.75, 3.05) is 6.61 Å². The lowest BCUT2D eigenvalue weighted by Crippen LogP contribution is -2.26. The summed E-state index contributed by atoms with van der Waals surface area (Å²) < 4.78 is 5.82. The van der Waals surface area contributed by atoms with E-state index in [0.717, 1.165) is 36.5 Å². The van der Waals surface area contributed by atoms with Gasteiger partial charge in [0.05, 0.1) is 6.61 Å². The maximum atomic E-state index is 5.82. The minimum absolute atomic E-state index is 0.742. The molecule has 1 atom stereocenters. The first kappa shape index (κ1) is 17.6. The second kappa shape index (κ2) is 8.74. The molecule has 0 aromatic heterocycles. The molecule has 2 aliphatic carbocycles. The third-order valence-electron chi connectivity index (χ3n) is 6.29. The highest BCUT2D eigenvalue weighted by Crippen LogP contribution is 2.41. The van der Waals surface area contributed by atoms with Gasteiger partial charge in [0.15, 0.2) is 0 Å². The van der Waals surface area contributed by atoms with Gasteiger partial charge in [-0.05, 0) is 79.5 Å². The summed E-state index contributed by atoms with van der Waals surface area (Å²) >= 11 is 0. The molecule has 0 saturated heterocycles. The SMILES string of the molecule is C=CCCOc1ccc2c(c1)CCC(C1CCC(CCC)CC1)C2. The fourth-order valence-electron chi connectivity index (χ4n) is 4.87. The van der Waals surface area contributed by atoms with E-state index in [1.807, 2.05) is 6.08 Å². The Morgan fingerprint density at radius 1 is 1.08 bits per heavy atom. The molecule has 132 valence electrons. The average molecular weight is 327 g/mol. The minimum atomic E-state index is 0.742. The molecule has 1 fully saturated rings. The molecule has 0 amide bonds. The highest BCUT2D eigenvalue weighted by molar-refractivity contribution is 5.37. The van der Waals surface area contributed by atoms with E-state index in [1.54, 1.807) is 5.56 Å². The van der Waals surface area contributed by atoms with Crippen molar-refractivity contribution in [3.63, 3.8) is 0 Å². The van der Waals surface area contributed by atoms with Crippen LogP contribution in [0.3, 0.4) is 0 Å². The maximum absolute atomic E-state index is 5.82. The number of hydrogen-bond donors (Lipinski definition) is 0. The van der Waals surface area contributed by atoms with Gasteiger partial charge in [0.1, 0.15) is 5.75 Å². The van der Waals surface area contributed by atoms with E-state index in [9.17, 15) is 0 Å². The molecule has 2 aliphatic rings. The molecule has 0 heterocycles. The van der Waals surface area contributed by atoms with Crippen LogP contribution in [-0.4, -0.2) is 6.61 Å². The van der Waals surface area contributed by atoms with E-state index in [2.05, 4.69) is 31.7 Å². The third kappa shape index (κ3) is 4.43.